The lowest BCUT2D eigenvalue weighted by molar-refractivity contribution is -0.277. The Morgan fingerprint density at radius 1 is 1.19 bits per heavy atom. The van der Waals surface area contributed by atoms with E-state index >= 15 is 0 Å². The van der Waals surface area contributed by atoms with Crippen LogP contribution in [0.1, 0.15) is 57.6 Å². The number of hydrogen-bond acceptors (Lipinski definition) is 6. The lowest BCUT2D eigenvalue weighted by atomic mass is 9.53. The highest BCUT2D eigenvalue weighted by Gasteiger charge is 2.76. The fourth-order valence-electron chi connectivity index (χ4n) is 8.72. The number of allylic oxidation sites excluding steroid dienone is 1. The van der Waals surface area contributed by atoms with Crippen molar-refractivity contribution in [2.45, 2.75) is 93.1 Å². The summed E-state index contributed by atoms with van der Waals surface area (Å²) in [5.41, 5.74) is 0.950. The number of aliphatic hydroxyl groups excluding tert-OH is 2. The molecule has 2 saturated heterocycles. The van der Waals surface area contributed by atoms with E-state index in [1.807, 2.05) is 38.1 Å². The minimum atomic E-state index is -0.864. The third kappa shape index (κ3) is 3.13. The normalized spacial score (nSPS) is 47.1. The molecule has 4 fully saturated rings. The standard InChI is InChI=1S/C28H38ClN3O4/c1-16-19(6-5-13-30-16)31-24(35)17-7-8-21-25(17,2)9-11-27(29)14-18-22(33)23(34)20(32(3)4)15-26(18)10-12-28(21,27)36-26/h5-7,13,18,20-23,33-34H,8-12,14-15H2,1-4H3,(H,31,35)/t18?,20-,21?,22+,23+,25+,26+,27?,28-/m0/s1. The monoisotopic (exact) mass is 515 g/mol. The zero-order valence-corrected chi connectivity index (χ0v) is 22.4. The Kier molecular flexibility index (Phi) is 5.51. The van der Waals surface area contributed by atoms with Gasteiger partial charge in [-0.3, -0.25) is 9.78 Å². The summed E-state index contributed by atoms with van der Waals surface area (Å²) in [4.78, 5) is 19.2. The Hall–Kier alpha value is -1.51. The van der Waals surface area contributed by atoms with Gasteiger partial charge < -0.3 is 25.2 Å². The number of halogens is 1. The largest absolute Gasteiger partial charge is 0.390 e. The molecule has 5 aliphatic rings. The molecular formula is C28H38ClN3O4. The van der Waals surface area contributed by atoms with Gasteiger partial charge in [-0.2, -0.15) is 0 Å². The van der Waals surface area contributed by atoms with Crippen molar-refractivity contribution in [1.82, 2.24) is 9.88 Å². The minimum absolute atomic E-state index is 0.0696. The second-order valence-corrected chi connectivity index (χ2v) is 13.2. The smallest absolute Gasteiger partial charge is 0.251 e. The molecule has 3 heterocycles. The van der Waals surface area contributed by atoms with Gasteiger partial charge in [-0.25, -0.2) is 0 Å². The third-order valence-electron chi connectivity index (χ3n) is 10.7. The van der Waals surface area contributed by atoms with Crippen molar-refractivity contribution in [2.24, 2.45) is 17.3 Å². The second kappa shape index (κ2) is 8.00. The highest BCUT2D eigenvalue weighted by atomic mass is 35.5. The Bertz CT molecular complexity index is 1130. The molecule has 3 unspecified atom stereocenters. The number of aliphatic hydroxyl groups is 2. The van der Waals surface area contributed by atoms with E-state index < -0.39 is 28.3 Å². The molecule has 196 valence electrons. The number of carbonyl (C=O) groups excluding carboxylic acids is 1. The first-order valence-electron chi connectivity index (χ1n) is 13.3. The summed E-state index contributed by atoms with van der Waals surface area (Å²) in [5.74, 6) is -0.166. The van der Waals surface area contributed by atoms with Crippen LogP contribution < -0.4 is 5.32 Å². The molecule has 7 nitrogen and oxygen atoms in total. The summed E-state index contributed by atoms with van der Waals surface area (Å²) in [6.07, 6.45) is 7.36. The van der Waals surface area contributed by atoms with E-state index in [0.29, 0.717) is 19.3 Å². The van der Waals surface area contributed by atoms with Crippen LogP contribution >= 0.6 is 11.6 Å². The van der Waals surface area contributed by atoms with E-state index in [1.165, 1.54) is 0 Å². The number of alkyl halides is 1. The summed E-state index contributed by atoms with van der Waals surface area (Å²) in [7, 11) is 3.90. The SMILES string of the molecule is Cc1ncccc1NC(=O)C1=CCC2[C@@]34CC[C@]5(C[C@H](N(C)C)[C@@H](O)[C@H](O)C5CC3(Cl)CC[C@]12C)O4. The molecular weight excluding hydrogens is 478 g/mol. The fourth-order valence-corrected chi connectivity index (χ4v) is 9.24. The summed E-state index contributed by atoms with van der Waals surface area (Å²) in [6, 6.07) is 3.54. The number of carbonyl (C=O) groups is 1. The van der Waals surface area contributed by atoms with Gasteiger partial charge in [0.2, 0.25) is 0 Å². The van der Waals surface area contributed by atoms with Crippen LogP contribution in [0.15, 0.2) is 30.0 Å². The number of aromatic nitrogens is 1. The van der Waals surface area contributed by atoms with Crippen LogP contribution in [0.25, 0.3) is 0 Å². The van der Waals surface area contributed by atoms with E-state index in [2.05, 4.69) is 23.3 Å². The molecule has 3 aliphatic carbocycles. The van der Waals surface area contributed by atoms with Crippen molar-refractivity contribution in [3.63, 3.8) is 0 Å². The number of nitrogens with zero attached hydrogens (tertiary/aromatic N) is 2. The number of nitrogens with one attached hydrogen (secondary N) is 1. The first-order chi connectivity index (χ1) is 17.0. The predicted molar refractivity (Wildman–Crippen MR) is 138 cm³/mol. The fraction of sp³-hybridized carbons (Fsp3) is 0.714. The molecule has 1 aromatic rings. The van der Waals surface area contributed by atoms with E-state index in [9.17, 15) is 15.0 Å². The zero-order chi connectivity index (χ0) is 25.7. The maximum Gasteiger partial charge on any atom is 0.251 e. The number of anilines is 1. The summed E-state index contributed by atoms with van der Waals surface area (Å²) < 4.78 is 7.22. The highest BCUT2D eigenvalue weighted by molar-refractivity contribution is 6.25. The first kappa shape index (κ1) is 24.8. The van der Waals surface area contributed by atoms with Gasteiger partial charge in [0, 0.05) is 35.1 Å². The number of fused-ring (bicyclic) bond motifs is 1. The molecule has 6 rings (SSSR count). The lowest BCUT2D eigenvalue weighted by Gasteiger charge is -2.64. The van der Waals surface area contributed by atoms with E-state index in [1.54, 1.807) is 6.20 Å². The van der Waals surface area contributed by atoms with Gasteiger partial charge in [0.15, 0.2) is 0 Å². The maximum absolute atomic E-state index is 13.5. The molecule has 2 aliphatic heterocycles. The molecule has 36 heavy (non-hydrogen) atoms. The number of ether oxygens (including phenoxy) is 1. The zero-order valence-electron chi connectivity index (χ0n) is 21.6. The number of likely N-dealkylation sites (N-methyl/N-ethyl adjacent to an activating group) is 1. The van der Waals surface area contributed by atoms with Crippen LogP contribution in [0.5, 0.6) is 0 Å². The van der Waals surface area contributed by atoms with Gasteiger partial charge >= 0.3 is 0 Å². The average Bonchev–Trinajstić information content (AvgIpc) is 3.36. The van der Waals surface area contributed by atoms with E-state index in [4.69, 9.17) is 16.3 Å². The van der Waals surface area contributed by atoms with Gasteiger partial charge in [-0.15, -0.1) is 11.6 Å². The lowest BCUT2D eigenvalue weighted by Crippen LogP contribution is -2.72. The molecule has 3 N–H and O–H groups in total. The number of hydrogen-bond donors (Lipinski definition) is 3. The number of aryl methyl sites for hydroxylation is 1. The van der Waals surface area contributed by atoms with Crippen molar-refractivity contribution in [2.75, 3.05) is 19.4 Å². The number of amides is 1. The Morgan fingerprint density at radius 3 is 2.69 bits per heavy atom. The molecule has 2 spiro atoms. The maximum atomic E-state index is 13.5. The van der Waals surface area contributed by atoms with Crippen LogP contribution in [0.4, 0.5) is 5.69 Å². The Balaban J connectivity index is 1.32. The first-order valence-corrected chi connectivity index (χ1v) is 13.7. The van der Waals surface area contributed by atoms with Crippen LogP contribution in [-0.4, -0.2) is 74.4 Å². The van der Waals surface area contributed by atoms with Crippen LogP contribution in [-0.2, 0) is 9.53 Å². The van der Waals surface area contributed by atoms with E-state index in [0.717, 1.165) is 42.6 Å². The minimum Gasteiger partial charge on any atom is -0.390 e. The Morgan fingerprint density at radius 2 is 1.97 bits per heavy atom. The molecule has 2 bridgehead atoms. The van der Waals surface area contributed by atoms with Gasteiger partial charge in [0.25, 0.3) is 5.91 Å². The molecule has 1 aromatic heterocycles. The average molecular weight is 516 g/mol. The second-order valence-electron chi connectivity index (χ2n) is 12.5. The summed E-state index contributed by atoms with van der Waals surface area (Å²) in [5, 5.41) is 25.3. The third-order valence-corrected chi connectivity index (χ3v) is 11.4. The van der Waals surface area contributed by atoms with Crippen LogP contribution in [0.2, 0.25) is 0 Å². The predicted octanol–water partition coefficient (Wildman–Crippen LogP) is 3.42. The number of pyridine rings is 1. The number of rotatable bonds is 3. The van der Waals surface area contributed by atoms with Crippen LogP contribution in [0.3, 0.4) is 0 Å². The highest BCUT2D eigenvalue weighted by Crippen LogP contribution is 2.72. The molecule has 9 atom stereocenters. The Labute approximate surface area is 218 Å². The van der Waals surface area contributed by atoms with Crippen molar-refractivity contribution in [3.8, 4) is 0 Å². The van der Waals surface area contributed by atoms with Crippen molar-refractivity contribution in [1.29, 1.82) is 0 Å². The van der Waals surface area contributed by atoms with Crippen molar-refractivity contribution in [3.05, 3.63) is 35.7 Å². The van der Waals surface area contributed by atoms with Gasteiger partial charge in [-0.1, -0.05) is 13.0 Å². The van der Waals surface area contributed by atoms with E-state index in [-0.39, 0.29) is 29.2 Å². The van der Waals surface area contributed by atoms with Gasteiger partial charge in [0.1, 0.15) is 0 Å². The summed E-state index contributed by atoms with van der Waals surface area (Å²) >= 11 is 7.54. The van der Waals surface area contributed by atoms with Gasteiger partial charge in [0.05, 0.1) is 39.7 Å². The molecule has 1 amide bonds. The van der Waals surface area contributed by atoms with Crippen molar-refractivity contribution < 1.29 is 19.7 Å². The molecule has 0 radical (unpaired) electrons. The molecule has 2 saturated carbocycles. The van der Waals surface area contributed by atoms with Crippen LogP contribution in [0, 0.1) is 24.2 Å². The molecule has 0 aromatic carbocycles. The molecule has 8 heteroatoms. The van der Waals surface area contributed by atoms with Crippen molar-refractivity contribution >= 4 is 23.2 Å². The summed E-state index contributed by atoms with van der Waals surface area (Å²) in [6.45, 7) is 4.10. The quantitative estimate of drug-likeness (QED) is 0.534. The van der Waals surface area contributed by atoms with Gasteiger partial charge in [-0.05, 0) is 78.1 Å². The topological polar surface area (TPSA) is 94.9 Å².